The van der Waals surface area contributed by atoms with Crippen LogP contribution in [0.5, 0.6) is 0 Å². The van der Waals surface area contributed by atoms with E-state index in [9.17, 15) is 14.4 Å². The fourth-order valence-electron chi connectivity index (χ4n) is 4.02. The van der Waals surface area contributed by atoms with E-state index in [1.807, 2.05) is 6.92 Å². The molecule has 1 saturated heterocycles. The molecular formula is C18H29N3O4. The van der Waals surface area contributed by atoms with Gasteiger partial charge in [0.1, 0.15) is 5.41 Å². The summed E-state index contributed by atoms with van der Waals surface area (Å²) in [4.78, 5) is 38.5. The summed E-state index contributed by atoms with van der Waals surface area (Å²) in [6.45, 7) is 2.67. The number of hydrogen-bond donors (Lipinski definition) is 3. The highest BCUT2D eigenvalue weighted by atomic mass is 16.3. The molecule has 1 heterocycles. The van der Waals surface area contributed by atoms with Crippen LogP contribution in [-0.4, -0.2) is 54.0 Å². The zero-order valence-corrected chi connectivity index (χ0v) is 14.9. The van der Waals surface area contributed by atoms with E-state index in [4.69, 9.17) is 10.8 Å². The topological polar surface area (TPSA) is 113 Å². The predicted octanol–water partition coefficient (Wildman–Crippen LogP) is 0.0153. The standard InChI is InChI=1S/C18H29N3O4/c1-12(13-3-2-4-13)14(23)21-10-18(11-21,15(19)24)9-20-16(25)17(5-6-17)7-8-22/h12-13,22H,2-11H2,1H3,(H2,19,24)(H,20,25). The third-order valence-electron chi connectivity index (χ3n) is 6.58. The van der Waals surface area contributed by atoms with Crippen molar-refractivity contribution in [2.45, 2.75) is 45.4 Å². The average molecular weight is 351 g/mol. The Morgan fingerprint density at radius 3 is 2.32 bits per heavy atom. The fraction of sp³-hybridized carbons (Fsp3) is 0.833. The van der Waals surface area contributed by atoms with Crippen molar-refractivity contribution in [3.8, 4) is 0 Å². The van der Waals surface area contributed by atoms with Crippen LogP contribution in [0.3, 0.4) is 0 Å². The zero-order chi connectivity index (χ0) is 18.2. The molecule has 1 atom stereocenters. The Morgan fingerprint density at radius 1 is 1.24 bits per heavy atom. The first kappa shape index (κ1) is 18.2. The van der Waals surface area contributed by atoms with Crippen molar-refractivity contribution in [2.24, 2.45) is 28.4 Å². The van der Waals surface area contributed by atoms with Gasteiger partial charge in [0.2, 0.25) is 17.7 Å². The molecule has 0 aromatic carbocycles. The van der Waals surface area contributed by atoms with Crippen molar-refractivity contribution in [3.63, 3.8) is 0 Å². The molecular weight excluding hydrogens is 322 g/mol. The summed E-state index contributed by atoms with van der Waals surface area (Å²) in [5.74, 6) is -0.0423. The van der Waals surface area contributed by atoms with Gasteiger partial charge in [-0.25, -0.2) is 0 Å². The van der Waals surface area contributed by atoms with Gasteiger partial charge in [-0.15, -0.1) is 0 Å². The van der Waals surface area contributed by atoms with E-state index in [1.54, 1.807) is 4.90 Å². The lowest BCUT2D eigenvalue weighted by atomic mass is 9.73. The van der Waals surface area contributed by atoms with E-state index in [1.165, 1.54) is 6.42 Å². The van der Waals surface area contributed by atoms with Crippen molar-refractivity contribution in [2.75, 3.05) is 26.2 Å². The molecule has 1 unspecified atom stereocenters. The average Bonchev–Trinajstić information content (AvgIpc) is 3.24. The van der Waals surface area contributed by atoms with E-state index in [-0.39, 0.29) is 44.0 Å². The second-order valence-electron chi connectivity index (χ2n) is 8.26. The molecule has 7 nitrogen and oxygen atoms in total. The number of likely N-dealkylation sites (tertiary alicyclic amines) is 1. The largest absolute Gasteiger partial charge is 0.396 e. The molecule has 0 aromatic rings. The number of rotatable bonds is 8. The van der Waals surface area contributed by atoms with Gasteiger partial charge in [-0.1, -0.05) is 13.3 Å². The van der Waals surface area contributed by atoms with Gasteiger partial charge in [-0.2, -0.15) is 0 Å². The Morgan fingerprint density at radius 2 is 1.88 bits per heavy atom. The van der Waals surface area contributed by atoms with Crippen molar-refractivity contribution in [1.82, 2.24) is 10.2 Å². The first-order valence-electron chi connectivity index (χ1n) is 9.31. The van der Waals surface area contributed by atoms with Crippen LogP contribution in [0.1, 0.15) is 45.4 Å². The minimum Gasteiger partial charge on any atom is -0.396 e. The molecule has 25 heavy (non-hydrogen) atoms. The van der Waals surface area contributed by atoms with Gasteiger partial charge in [0.05, 0.1) is 5.41 Å². The van der Waals surface area contributed by atoms with Crippen LogP contribution >= 0.6 is 0 Å². The first-order chi connectivity index (χ1) is 11.8. The van der Waals surface area contributed by atoms with Crippen LogP contribution in [-0.2, 0) is 14.4 Å². The number of nitrogens with zero attached hydrogens (tertiary/aromatic N) is 1. The van der Waals surface area contributed by atoms with E-state index >= 15 is 0 Å². The van der Waals surface area contributed by atoms with Gasteiger partial charge in [0.15, 0.2) is 0 Å². The number of amides is 3. The SMILES string of the molecule is CC(C(=O)N1CC(CNC(=O)C2(CCO)CC2)(C(N)=O)C1)C1CCC1. The van der Waals surface area contributed by atoms with Crippen molar-refractivity contribution in [3.05, 3.63) is 0 Å². The molecule has 2 saturated carbocycles. The second-order valence-corrected chi connectivity index (χ2v) is 8.26. The van der Waals surface area contributed by atoms with Crippen LogP contribution in [0.25, 0.3) is 0 Å². The van der Waals surface area contributed by atoms with Crippen LogP contribution < -0.4 is 11.1 Å². The lowest BCUT2D eigenvalue weighted by Gasteiger charge is -2.49. The molecule has 3 aliphatic rings. The molecule has 0 aromatic heterocycles. The smallest absolute Gasteiger partial charge is 0.229 e. The number of carbonyl (C=O) groups excluding carboxylic acids is 3. The van der Waals surface area contributed by atoms with Crippen LogP contribution in [0.4, 0.5) is 0 Å². The quantitative estimate of drug-likeness (QED) is 0.572. The molecule has 7 heteroatoms. The number of hydrogen-bond acceptors (Lipinski definition) is 4. The summed E-state index contributed by atoms with van der Waals surface area (Å²) in [6.07, 6.45) is 5.38. The molecule has 3 fully saturated rings. The molecule has 3 rings (SSSR count). The number of carbonyl (C=O) groups is 3. The summed E-state index contributed by atoms with van der Waals surface area (Å²) < 4.78 is 0. The second kappa shape index (κ2) is 6.59. The number of aliphatic hydroxyl groups excluding tert-OH is 1. The van der Waals surface area contributed by atoms with Crippen LogP contribution in [0, 0.1) is 22.7 Å². The lowest BCUT2D eigenvalue weighted by molar-refractivity contribution is -0.156. The molecule has 0 radical (unpaired) electrons. The third-order valence-corrected chi connectivity index (χ3v) is 6.58. The highest BCUT2D eigenvalue weighted by molar-refractivity contribution is 5.89. The number of nitrogens with two attached hydrogens (primary N) is 1. The van der Waals surface area contributed by atoms with E-state index < -0.39 is 16.7 Å². The molecule has 4 N–H and O–H groups in total. The van der Waals surface area contributed by atoms with Crippen molar-refractivity contribution < 1.29 is 19.5 Å². The third kappa shape index (κ3) is 3.26. The summed E-state index contributed by atoms with van der Waals surface area (Å²) >= 11 is 0. The Balaban J connectivity index is 1.53. The molecule has 3 amide bonds. The Hall–Kier alpha value is -1.63. The summed E-state index contributed by atoms with van der Waals surface area (Å²) in [6, 6.07) is 0. The number of aliphatic hydroxyl groups is 1. The van der Waals surface area contributed by atoms with Crippen LogP contribution in [0.2, 0.25) is 0 Å². The first-order valence-corrected chi connectivity index (χ1v) is 9.31. The van der Waals surface area contributed by atoms with E-state index in [0.717, 1.165) is 25.7 Å². The fourth-order valence-corrected chi connectivity index (χ4v) is 4.02. The van der Waals surface area contributed by atoms with Gasteiger partial charge in [-0.3, -0.25) is 14.4 Å². The zero-order valence-electron chi connectivity index (χ0n) is 14.9. The highest BCUT2D eigenvalue weighted by Crippen LogP contribution is 2.49. The number of primary amides is 1. The van der Waals surface area contributed by atoms with Crippen molar-refractivity contribution in [1.29, 1.82) is 0 Å². The lowest BCUT2D eigenvalue weighted by Crippen LogP contribution is -2.68. The van der Waals surface area contributed by atoms with Crippen LogP contribution in [0.15, 0.2) is 0 Å². The molecule has 0 bridgehead atoms. The molecule has 140 valence electrons. The highest BCUT2D eigenvalue weighted by Gasteiger charge is 2.53. The predicted molar refractivity (Wildman–Crippen MR) is 91.1 cm³/mol. The summed E-state index contributed by atoms with van der Waals surface area (Å²) in [7, 11) is 0. The molecule has 0 spiro atoms. The Kier molecular flexibility index (Phi) is 4.79. The maximum absolute atomic E-state index is 12.5. The number of nitrogens with one attached hydrogen (secondary N) is 1. The minimum atomic E-state index is -0.861. The van der Waals surface area contributed by atoms with Gasteiger partial charge in [0.25, 0.3) is 0 Å². The molecule has 1 aliphatic heterocycles. The Bertz CT molecular complexity index is 563. The van der Waals surface area contributed by atoms with Gasteiger partial charge < -0.3 is 21.1 Å². The monoisotopic (exact) mass is 351 g/mol. The minimum absolute atomic E-state index is 0.00601. The summed E-state index contributed by atoms with van der Waals surface area (Å²) in [5.41, 5.74) is 4.24. The Labute approximate surface area is 148 Å². The van der Waals surface area contributed by atoms with E-state index in [2.05, 4.69) is 5.32 Å². The normalized spacial score (nSPS) is 24.6. The van der Waals surface area contributed by atoms with Gasteiger partial charge in [-0.05, 0) is 38.0 Å². The van der Waals surface area contributed by atoms with Crippen molar-refractivity contribution >= 4 is 17.7 Å². The van der Waals surface area contributed by atoms with Gasteiger partial charge in [0, 0.05) is 32.2 Å². The summed E-state index contributed by atoms with van der Waals surface area (Å²) in [5, 5.41) is 11.9. The van der Waals surface area contributed by atoms with E-state index in [0.29, 0.717) is 12.3 Å². The maximum Gasteiger partial charge on any atom is 0.229 e. The molecule has 2 aliphatic carbocycles. The maximum atomic E-state index is 12.5. The van der Waals surface area contributed by atoms with Gasteiger partial charge >= 0.3 is 0 Å².